The van der Waals surface area contributed by atoms with E-state index in [1.807, 2.05) is 0 Å². The topological polar surface area (TPSA) is 96.2 Å². The first-order chi connectivity index (χ1) is 12.0. The van der Waals surface area contributed by atoms with Gasteiger partial charge >= 0.3 is 0 Å². The second-order valence-electron chi connectivity index (χ2n) is 5.47. The van der Waals surface area contributed by atoms with E-state index in [0.717, 1.165) is 5.56 Å². The van der Waals surface area contributed by atoms with Crippen LogP contribution in [0, 0.1) is 5.82 Å². The van der Waals surface area contributed by atoms with Gasteiger partial charge in [-0.05, 0) is 23.8 Å². The van der Waals surface area contributed by atoms with E-state index in [9.17, 15) is 14.0 Å². The minimum absolute atomic E-state index is 0.0127. The third kappa shape index (κ3) is 3.33. The van der Waals surface area contributed by atoms with Gasteiger partial charge in [-0.15, -0.1) is 0 Å². The number of carbonyl (C=O) groups is 2. The van der Waals surface area contributed by atoms with Crippen molar-refractivity contribution < 1.29 is 19.2 Å². The summed E-state index contributed by atoms with van der Waals surface area (Å²) in [6.07, 6.45) is 3.09. The average molecular weight is 342 g/mol. The van der Waals surface area contributed by atoms with Gasteiger partial charge in [-0.25, -0.2) is 14.9 Å². The number of nitrogens with zero attached hydrogens (tertiary/aromatic N) is 2. The fourth-order valence-corrected chi connectivity index (χ4v) is 2.67. The zero-order valence-corrected chi connectivity index (χ0v) is 13.3. The molecule has 0 aliphatic rings. The van der Waals surface area contributed by atoms with Crippen molar-refractivity contribution in [3.05, 3.63) is 59.8 Å². The van der Waals surface area contributed by atoms with Crippen LogP contribution in [0.5, 0.6) is 0 Å². The van der Waals surface area contributed by atoms with E-state index >= 15 is 0 Å². The third-order valence-electron chi connectivity index (χ3n) is 3.68. The molecule has 2 aromatic heterocycles. The van der Waals surface area contributed by atoms with E-state index in [0.29, 0.717) is 23.1 Å². The summed E-state index contributed by atoms with van der Waals surface area (Å²) in [6.45, 7) is 1.71. The van der Waals surface area contributed by atoms with Crippen LogP contribution in [0.1, 0.15) is 23.0 Å². The lowest BCUT2D eigenvalue weighted by Gasteiger charge is -2.08. The van der Waals surface area contributed by atoms with Crippen LogP contribution in [0.2, 0.25) is 0 Å². The molecule has 0 bridgehead atoms. The highest BCUT2D eigenvalue weighted by Gasteiger charge is 2.18. The summed E-state index contributed by atoms with van der Waals surface area (Å²) in [5.41, 5.74) is 3.34. The minimum Gasteiger partial charge on any atom is -0.339 e. The zero-order chi connectivity index (χ0) is 18.0. The van der Waals surface area contributed by atoms with E-state index in [4.69, 9.17) is 5.21 Å². The van der Waals surface area contributed by atoms with Gasteiger partial charge in [0.2, 0.25) is 5.91 Å². The van der Waals surface area contributed by atoms with Crippen molar-refractivity contribution in [1.29, 1.82) is 0 Å². The Morgan fingerprint density at radius 1 is 1.24 bits per heavy atom. The number of pyridine rings is 1. The molecule has 0 saturated carbocycles. The number of rotatable bonds is 4. The number of hydrogen-bond acceptors (Lipinski definition) is 4. The molecule has 3 N–H and O–H groups in total. The zero-order valence-electron chi connectivity index (χ0n) is 13.3. The lowest BCUT2D eigenvalue weighted by Crippen LogP contribution is -2.21. The van der Waals surface area contributed by atoms with Crippen molar-refractivity contribution in [2.45, 2.75) is 13.5 Å². The van der Waals surface area contributed by atoms with Crippen LogP contribution in [-0.2, 0) is 11.3 Å². The number of anilines is 1. The molecule has 0 unspecified atom stereocenters. The molecule has 0 radical (unpaired) electrons. The van der Waals surface area contributed by atoms with E-state index in [1.54, 1.807) is 34.4 Å². The predicted octanol–water partition coefficient (Wildman–Crippen LogP) is 2.30. The molecule has 0 aliphatic heterocycles. The van der Waals surface area contributed by atoms with Gasteiger partial charge in [0.25, 0.3) is 5.91 Å². The van der Waals surface area contributed by atoms with Crippen LogP contribution in [0.15, 0.2) is 42.7 Å². The number of nitrogens with one attached hydrogen (secondary N) is 2. The fraction of sp³-hybridized carbons (Fsp3) is 0.118. The van der Waals surface area contributed by atoms with Crippen LogP contribution in [-0.4, -0.2) is 26.6 Å². The molecular weight excluding hydrogens is 327 g/mol. The summed E-state index contributed by atoms with van der Waals surface area (Å²) >= 11 is 0. The molecule has 8 heteroatoms. The Morgan fingerprint density at radius 3 is 2.60 bits per heavy atom. The van der Waals surface area contributed by atoms with E-state index in [-0.39, 0.29) is 17.4 Å². The van der Waals surface area contributed by atoms with Gasteiger partial charge in [-0.1, -0.05) is 12.1 Å². The second-order valence-corrected chi connectivity index (χ2v) is 5.47. The Bertz CT molecular complexity index is 950. The number of carbonyl (C=O) groups excluding carboxylic acids is 2. The highest BCUT2D eigenvalue weighted by molar-refractivity contribution is 6.09. The van der Waals surface area contributed by atoms with E-state index in [1.165, 1.54) is 25.3 Å². The SMILES string of the molecule is CC(=O)Nc1cn(Cc2ccc(F)cc2)c2c(C(=O)NO)nccc12. The number of hydroxylamine groups is 1. The Hall–Kier alpha value is -3.26. The Balaban J connectivity index is 2.16. The molecule has 25 heavy (non-hydrogen) atoms. The fourth-order valence-electron chi connectivity index (χ4n) is 2.67. The lowest BCUT2D eigenvalue weighted by atomic mass is 10.2. The third-order valence-corrected chi connectivity index (χ3v) is 3.68. The number of fused-ring (bicyclic) bond motifs is 1. The minimum atomic E-state index is -0.765. The molecule has 0 spiro atoms. The highest BCUT2D eigenvalue weighted by Crippen LogP contribution is 2.28. The van der Waals surface area contributed by atoms with Gasteiger partial charge in [0.1, 0.15) is 5.82 Å². The molecule has 128 valence electrons. The maximum atomic E-state index is 13.1. The normalized spacial score (nSPS) is 10.7. The van der Waals surface area contributed by atoms with Gasteiger partial charge in [-0.2, -0.15) is 0 Å². The first-order valence-corrected chi connectivity index (χ1v) is 7.44. The predicted molar refractivity (Wildman–Crippen MR) is 88.8 cm³/mol. The Labute approximate surface area is 142 Å². The van der Waals surface area contributed by atoms with Crippen molar-refractivity contribution >= 4 is 28.4 Å². The number of benzene rings is 1. The van der Waals surface area contributed by atoms with E-state index in [2.05, 4.69) is 10.3 Å². The van der Waals surface area contributed by atoms with Gasteiger partial charge in [-0.3, -0.25) is 14.8 Å². The maximum Gasteiger partial charge on any atom is 0.295 e. The number of hydrogen-bond donors (Lipinski definition) is 3. The monoisotopic (exact) mass is 342 g/mol. The summed E-state index contributed by atoms with van der Waals surface area (Å²) in [7, 11) is 0. The number of amides is 2. The first kappa shape index (κ1) is 16.6. The van der Waals surface area contributed by atoms with Crippen molar-refractivity contribution in [2.75, 3.05) is 5.32 Å². The van der Waals surface area contributed by atoms with Crippen molar-refractivity contribution in [3.63, 3.8) is 0 Å². The first-order valence-electron chi connectivity index (χ1n) is 7.44. The van der Waals surface area contributed by atoms with Crippen LogP contribution in [0.25, 0.3) is 10.9 Å². The van der Waals surface area contributed by atoms with Crippen LogP contribution < -0.4 is 10.8 Å². The summed E-state index contributed by atoms with van der Waals surface area (Å²) in [5, 5.41) is 12.3. The summed E-state index contributed by atoms with van der Waals surface area (Å²) in [6, 6.07) is 7.60. The van der Waals surface area contributed by atoms with Crippen molar-refractivity contribution in [2.24, 2.45) is 0 Å². The van der Waals surface area contributed by atoms with Gasteiger partial charge in [0.15, 0.2) is 5.69 Å². The summed E-state index contributed by atoms with van der Waals surface area (Å²) < 4.78 is 14.8. The van der Waals surface area contributed by atoms with Crippen molar-refractivity contribution in [1.82, 2.24) is 15.0 Å². The van der Waals surface area contributed by atoms with Crippen LogP contribution in [0.4, 0.5) is 10.1 Å². The highest BCUT2D eigenvalue weighted by atomic mass is 19.1. The number of halogens is 1. The smallest absolute Gasteiger partial charge is 0.295 e. The molecule has 7 nitrogen and oxygen atoms in total. The molecule has 1 aromatic carbocycles. The standard InChI is InChI=1S/C17H15FN4O3/c1-10(23)20-14-9-22(8-11-2-4-12(18)5-3-11)16-13(14)6-7-19-15(16)17(24)21-25/h2-7,9,25H,8H2,1H3,(H,20,23)(H,21,24). The maximum absolute atomic E-state index is 13.1. The molecule has 3 rings (SSSR count). The average Bonchev–Trinajstić information content (AvgIpc) is 2.93. The molecule has 3 aromatic rings. The molecular formula is C17H15FN4O3. The van der Waals surface area contributed by atoms with Gasteiger partial charge < -0.3 is 9.88 Å². The number of aromatic nitrogens is 2. The largest absolute Gasteiger partial charge is 0.339 e. The second kappa shape index (κ2) is 6.70. The summed E-state index contributed by atoms with van der Waals surface area (Å²) in [5.74, 6) is -1.37. The molecule has 0 atom stereocenters. The van der Waals surface area contributed by atoms with Crippen molar-refractivity contribution in [3.8, 4) is 0 Å². The summed E-state index contributed by atoms with van der Waals surface area (Å²) in [4.78, 5) is 27.4. The molecule has 2 heterocycles. The van der Waals surface area contributed by atoms with Gasteiger partial charge in [0, 0.05) is 31.2 Å². The van der Waals surface area contributed by atoms with Gasteiger partial charge in [0.05, 0.1) is 11.2 Å². The molecule has 2 amide bonds. The van der Waals surface area contributed by atoms with E-state index < -0.39 is 5.91 Å². The Morgan fingerprint density at radius 2 is 1.96 bits per heavy atom. The lowest BCUT2D eigenvalue weighted by molar-refractivity contribution is -0.114. The van der Waals surface area contributed by atoms with Crippen LogP contribution >= 0.6 is 0 Å². The molecule has 0 aliphatic carbocycles. The van der Waals surface area contributed by atoms with Crippen LogP contribution in [0.3, 0.4) is 0 Å². The Kier molecular flexibility index (Phi) is 4.44. The molecule has 0 saturated heterocycles. The quantitative estimate of drug-likeness (QED) is 0.501. The molecule has 0 fully saturated rings.